The van der Waals surface area contributed by atoms with Gasteiger partial charge in [0.1, 0.15) is 0 Å². The molecule has 0 radical (unpaired) electrons. The summed E-state index contributed by atoms with van der Waals surface area (Å²) in [7, 11) is 0. The quantitative estimate of drug-likeness (QED) is 0.341. The van der Waals surface area contributed by atoms with Crippen molar-refractivity contribution in [3.8, 4) is 0 Å². The van der Waals surface area contributed by atoms with E-state index in [1.807, 2.05) is 18.8 Å². The van der Waals surface area contributed by atoms with Crippen LogP contribution in [0.4, 0.5) is 0 Å². The van der Waals surface area contributed by atoms with Gasteiger partial charge in [-0.15, -0.1) is 0 Å². The molecule has 0 aliphatic heterocycles. The minimum absolute atomic E-state index is 0. The summed E-state index contributed by atoms with van der Waals surface area (Å²) in [5, 5.41) is 0. The van der Waals surface area contributed by atoms with E-state index in [1.165, 1.54) is 25.7 Å². The first-order chi connectivity index (χ1) is 9.35. The second kappa shape index (κ2) is 10.8. The number of halogens is 2. The summed E-state index contributed by atoms with van der Waals surface area (Å²) in [5.41, 5.74) is 3.26. The SMILES string of the molecule is C=CCCC1=[C]([Hf+2][C]2=C(CCC=C)C=CC2)CC=C1.[F-].[F-]. The van der Waals surface area contributed by atoms with Crippen LogP contribution >= 0.6 is 0 Å². The third kappa shape index (κ3) is 5.82. The first kappa shape index (κ1) is 20.2. The van der Waals surface area contributed by atoms with Crippen molar-refractivity contribution >= 4 is 0 Å². The molecule has 0 amide bonds. The van der Waals surface area contributed by atoms with Crippen molar-refractivity contribution in [3.63, 3.8) is 0 Å². The van der Waals surface area contributed by atoms with Gasteiger partial charge in [0.25, 0.3) is 0 Å². The zero-order valence-corrected chi connectivity index (χ0v) is 16.0. The van der Waals surface area contributed by atoms with Crippen LogP contribution in [0.3, 0.4) is 0 Å². The van der Waals surface area contributed by atoms with Crippen LogP contribution in [0.2, 0.25) is 0 Å². The zero-order valence-electron chi connectivity index (χ0n) is 12.4. The van der Waals surface area contributed by atoms with Gasteiger partial charge < -0.3 is 9.41 Å². The van der Waals surface area contributed by atoms with Crippen molar-refractivity contribution in [2.24, 2.45) is 0 Å². The van der Waals surface area contributed by atoms with Crippen molar-refractivity contribution in [3.05, 3.63) is 67.4 Å². The van der Waals surface area contributed by atoms with Crippen LogP contribution in [-0.4, -0.2) is 0 Å². The molecular formula is C18H22F2Hf. The van der Waals surface area contributed by atoms with Crippen molar-refractivity contribution in [1.29, 1.82) is 0 Å². The molecule has 0 aromatic rings. The number of rotatable bonds is 8. The maximum Gasteiger partial charge on any atom is -1.00 e. The maximum atomic E-state index is 3.84. The first-order valence-corrected chi connectivity index (χ1v) is 10.7. The van der Waals surface area contributed by atoms with Gasteiger partial charge in [0.15, 0.2) is 0 Å². The second-order valence-corrected chi connectivity index (χ2v) is 10.2. The van der Waals surface area contributed by atoms with Gasteiger partial charge in [0, 0.05) is 0 Å². The normalized spacial score (nSPS) is 15.6. The minimum Gasteiger partial charge on any atom is -1.00 e. The minimum atomic E-state index is -0.776. The average Bonchev–Trinajstić information content (AvgIpc) is 3.04. The Morgan fingerprint density at radius 2 is 1.29 bits per heavy atom. The second-order valence-electron chi connectivity index (χ2n) is 5.00. The van der Waals surface area contributed by atoms with Gasteiger partial charge in [-0.3, -0.25) is 0 Å². The van der Waals surface area contributed by atoms with Crippen LogP contribution in [-0.2, 0) is 22.9 Å². The smallest absolute Gasteiger partial charge is 1.00 e. The molecule has 2 aliphatic carbocycles. The van der Waals surface area contributed by atoms with Gasteiger partial charge in [-0.2, -0.15) is 0 Å². The molecule has 0 spiro atoms. The van der Waals surface area contributed by atoms with E-state index in [9.17, 15) is 0 Å². The van der Waals surface area contributed by atoms with Gasteiger partial charge in [-0.05, 0) is 0 Å². The van der Waals surface area contributed by atoms with E-state index in [-0.39, 0.29) is 9.41 Å². The molecule has 2 aliphatic rings. The monoisotopic (exact) mass is 456 g/mol. The Kier molecular flexibility index (Phi) is 10.4. The summed E-state index contributed by atoms with van der Waals surface area (Å²) in [4.78, 5) is 0. The van der Waals surface area contributed by atoms with E-state index in [2.05, 4.69) is 37.5 Å². The molecule has 3 heteroatoms. The van der Waals surface area contributed by atoms with Crippen LogP contribution in [0.25, 0.3) is 0 Å². The topological polar surface area (TPSA) is 0 Å². The molecule has 2 rings (SSSR count). The largest absolute Gasteiger partial charge is 1.00 e. The Bertz CT molecular complexity index is 437. The van der Waals surface area contributed by atoms with Crippen LogP contribution in [0, 0.1) is 0 Å². The number of allylic oxidation sites excluding steroid dienone is 10. The van der Waals surface area contributed by atoms with Crippen molar-refractivity contribution < 1.29 is 32.3 Å². The Balaban J connectivity index is 0.00000200. The molecule has 0 nitrogen and oxygen atoms in total. The molecule has 0 N–H and O–H groups in total. The first-order valence-electron chi connectivity index (χ1n) is 7.11. The third-order valence-electron chi connectivity index (χ3n) is 3.59. The molecule has 0 saturated carbocycles. The molecule has 21 heavy (non-hydrogen) atoms. The summed E-state index contributed by atoms with van der Waals surface area (Å²) in [6, 6.07) is 0. The fourth-order valence-electron chi connectivity index (χ4n) is 2.53. The van der Waals surface area contributed by atoms with Crippen molar-refractivity contribution in [1.82, 2.24) is 0 Å². The van der Waals surface area contributed by atoms with Gasteiger partial charge in [-0.1, -0.05) is 0 Å². The van der Waals surface area contributed by atoms with Crippen molar-refractivity contribution in [2.45, 2.75) is 38.5 Å². The van der Waals surface area contributed by atoms with Crippen LogP contribution in [0.1, 0.15) is 38.5 Å². The molecule has 0 heterocycles. The van der Waals surface area contributed by atoms with E-state index in [1.54, 1.807) is 11.1 Å². The number of hydrogen-bond donors (Lipinski definition) is 0. The molecule has 0 atom stereocenters. The molecule has 0 aromatic carbocycles. The Morgan fingerprint density at radius 3 is 1.67 bits per heavy atom. The van der Waals surface area contributed by atoms with Crippen LogP contribution < -0.4 is 9.41 Å². The van der Waals surface area contributed by atoms with Crippen LogP contribution in [0.5, 0.6) is 0 Å². The van der Waals surface area contributed by atoms with E-state index in [0.29, 0.717) is 0 Å². The van der Waals surface area contributed by atoms with E-state index < -0.39 is 22.9 Å². The predicted molar refractivity (Wildman–Crippen MR) is 80.4 cm³/mol. The molecule has 0 saturated heterocycles. The third-order valence-corrected chi connectivity index (χ3v) is 9.54. The summed E-state index contributed by atoms with van der Waals surface area (Å²) in [6.07, 6.45) is 20.6. The van der Waals surface area contributed by atoms with Crippen LogP contribution in [0.15, 0.2) is 67.4 Å². The van der Waals surface area contributed by atoms with E-state index in [4.69, 9.17) is 0 Å². The average molecular weight is 455 g/mol. The Morgan fingerprint density at radius 1 is 0.857 bits per heavy atom. The fraction of sp³-hybridized carbons (Fsp3) is 0.333. The summed E-state index contributed by atoms with van der Waals surface area (Å²) < 4.78 is 3.63. The molecule has 0 aromatic heterocycles. The summed E-state index contributed by atoms with van der Waals surface area (Å²) >= 11 is -0.776. The fourth-order valence-corrected chi connectivity index (χ4v) is 8.07. The molecule has 0 bridgehead atoms. The Labute approximate surface area is 138 Å². The standard InChI is InChI=1S/2C9H11.2FH.Hf/c2*1-2-3-6-9-7-4-5-8-9;;;/h2*2,4,7H,1,3,5-6H2;2*1H;/q;;;;+2/p-2. The van der Waals surface area contributed by atoms with Gasteiger partial charge in [0.05, 0.1) is 0 Å². The van der Waals surface area contributed by atoms with Gasteiger partial charge >= 0.3 is 129 Å². The van der Waals surface area contributed by atoms with E-state index >= 15 is 0 Å². The summed E-state index contributed by atoms with van der Waals surface area (Å²) in [6.45, 7) is 7.67. The molecule has 112 valence electrons. The number of hydrogen-bond acceptors (Lipinski definition) is 0. The maximum absolute atomic E-state index is 3.84. The van der Waals surface area contributed by atoms with Crippen molar-refractivity contribution in [2.75, 3.05) is 0 Å². The molecule has 0 fully saturated rings. The van der Waals surface area contributed by atoms with E-state index in [0.717, 1.165) is 12.8 Å². The molecule has 0 unspecified atom stereocenters. The molecular weight excluding hydrogens is 433 g/mol. The van der Waals surface area contributed by atoms with Gasteiger partial charge in [-0.25, -0.2) is 0 Å². The van der Waals surface area contributed by atoms with Gasteiger partial charge in [0.2, 0.25) is 0 Å². The Hall–Kier alpha value is -0.830. The summed E-state index contributed by atoms with van der Waals surface area (Å²) in [5.74, 6) is 0. The zero-order chi connectivity index (χ0) is 13.5. The predicted octanol–water partition coefficient (Wildman–Crippen LogP) is -0.563.